The Kier molecular flexibility index (Phi) is 5.78. The van der Waals surface area contributed by atoms with Gasteiger partial charge in [0.05, 0.1) is 37.1 Å². The first kappa shape index (κ1) is 21.2. The van der Waals surface area contributed by atoms with E-state index in [-0.39, 0.29) is 24.7 Å². The van der Waals surface area contributed by atoms with Crippen LogP contribution in [0.5, 0.6) is 5.75 Å². The van der Waals surface area contributed by atoms with Crippen molar-refractivity contribution < 1.29 is 19.4 Å². The molecule has 7 nitrogen and oxygen atoms in total. The zero-order valence-corrected chi connectivity index (χ0v) is 18.8. The van der Waals surface area contributed by atoms with Crippen molar-refractivity contribution in [2.24, 2.45) is 0 Å². The van der Waals surface area contributed by atoms with Crippen LogP contribution in [-0.2, 0) is 24.2 Å². The molecule has 7 heteroatoms. The van der Waals surface area contributed by atoms with Crippen LogP contribution in [0.4, 0.5) is 5.82 Å². The quantitative estimate of drug-likeness (QED) is 0.775. The maximum absolute atomic E-state index is 12.6. The first-order valence-corrected chi connectivity index (χ1v) is 11.6. The van der Waals surface area contributed by atoms with E-state index in [1.165, 1.54) is 11.1 Å². The minimum Gasteiger partial charge on any atom is -0.490 e. The molecule has 170 valence electrons. The molecule has 0 bridgehead atoms. The van der Waals surface area contributed by atoms with Gasteiger partial charge in [0.25, 0.3) is 5.91 Å². The van der Waals surface area contributed by atoms with Crippen LogP contribution in [0.3, 0.4) is 0 Å². The fraction of sp³-hybridized carbons (Fsp3) is 0.520. The van der Waals surface area contributed by atoms with E-state index >= 15 is 0 Å². The number of anilines is 1. The Hall–Kier alpha value is -2.64. The predicted octanol–water partition coefficient (Wildman–Crippen LogP) is 2.88. The number of aromatic nitrogens is 1. The molecular formula is C25H31N3O4. The zero-order chi connectivity index (χ0) is 22.2. The van der Waals surface area contributed by atoms with Gasteiger partial charge >= 0.3 is 0 Å². The second-order valence-corrected chi connectivity index (χ2v) is 8.91. The smallest absolute Gasteiger partial charge is 0.256 e. The van der Waals surface area contributed by atoms with Gasteiger partial charge in [0, 0.05) is 33.0 Å². The minimum atomic E-state index is -0.365. The summed E-state index contributed by atoms with van der Waals surface area (Å²) >= 11 is 0. The van der Waals surface area contributed by atoms with E-state index in [9.17, 15) is 9.90 Å². The average molecular weight is 438 g/mol. The molecule has 0 aliphatic carbocycles. The topological polar surface area (TPSA) is 75.1 Å². The Morgan fingerprint density at radius 2 is 2.03 bits per heavy atom. The number of fused-ring (bicyclic) bond motifs is 2. The molecule has 1 aromatic heterocycles. The van der Waals surface area contributed by atoms with E-state index in [0.29, 0.717) is 17.9 Å². The lowest BCUT2D eigenvalue weighted by Crippen LogP contribution is -2.39. The fourth-order valence-corrected chi connectivity index (χ4v) is 5.04. The van der Waals surface area contributed by atoms with E-state index in [4.69, 9.17) is 14.5 Å². The van der Waals surface area contributed by atoms with Crippen LogP contribution >= 0.6 is 0 Å². The van der Waals surface area contributed by atoms with E-state index in [1.807, 2.05) is 6.07 Å². The Labute approximate surface area is 189 Å². The maximum atomic E-state index is 12.6. The van der Waals surface area contributed by atoms with Gasteiger partial charge in [0.1, 0.15) is 17.7 Å². The zero-order valence-electron chi connectivity index (χ0n) is 18.8. The largest absolute Gasteiger partial charge is 0.490 e. The van der Waals surface area contributed by atoms with Crippen LogP contribution in [0.15, 0.2) is 24.3 Å². The number of aryl methyl sites for hydroxylation is 1. The third-order valence-electron chi connectivity index (χ3n) is 6.99. The van der Waals surface area contributed by atoms with Crippen molar-refractivity contribution in [2.75, 3.05) is 38.3 Å². The summed E-state index contributed by atoms with van der Waals surface area (Å²) in [7, 11) is 1.73. The van der Waals surface area contributed by atoms with Crippen LogP contribution in [-0.4, -0.2) is 60.4 Å². The van der Waals surface area contributed by atoms with Crippen LogP contribution in [0.1, 0.15) is 58.5 Å². The molecule has 4 heterocycles. The molecule has 0 saturated carbocycles. The van der Waals surface area contributed by atoms with Crippen molar-refractivity contribution in [1.29, 1.82) is 0 Å². The number of amides is 1. The molecule has 3 aliphatic rings. The lowest BCUT2D eigenvalue weighted by molar-refractivity contribution is 0.0715. The number of ether oxygens (including phenoxy) is 2. The Morgan fingerprint density at radius 1 is 1.22 bits per heavy atom. The number of pyridine rings is 1. The fourth-order valence-electron chi connectivity index (χ4n) is 5.04. The summed E-state index contributed by atoms with van der Waals surface area (Å²) in [6, 6.07) is 7.98. The van der Waals surface area contributed by atoms with Gasteiger partial charge in [-0.25, -0.2) is 4.98 Å². The van der Waals surface area contributed by atoms with Gasteiger partial charge < -0.3 is 24.4 Å². The van der Waals surface area contributed by atoms with Crippen molar-refractivity contribution in [3.63, 3.8) is 0 Å². The summed E-state index contributed by atoms with van der Waals surface area (Å²) in [6.07, 6.45) is 3.78. The lowest BCUT2D eigenvalue weighted by atomic mass is 10.0. The molecule has 3 aliphatic heterocycles. The normalized spacial score (nSPS) is 21.0. The second kappa shape index (κ2) is 8.71. The highest BCUT2D eigenvalue weighted by Crippen LogP contribution is 2.35. The summed E-state index contributed by atoms with van der Waals surface area (Å²) in [5, 5.41) is 9.81. The first-order chi connectivity index (χ1) is 15.6. The highest BCUT2D eigenvalue weighted by molar-refractivity contribution is 5.99. The minimum absolute atomic E-state index is 0.0599. The Bertz CT molecular complexity index is 1020. The number of hydrogen-bond acceptors (Lipinski definition) is 6. The third kappa shape index (κ3) is 3.73. The molecule has 0 spiro atoms. The molecule has 1 atom stereocenters. The molecule has 0 radical (unpaired) electrons. The highest BCUT2D eigenvalue weighted by Gasteiger charge is 2.37. The van der Waals surface area contributed by atoms with Gasteiger partial charge in [-0.2, -0.15) is 0 Å². The summed E-state index contributed by atoms with van der Waals surface area (Å²) in [5.74, 6) is 1.80. The molecule has 1 N–H and O–H groups in total. The number of carbonyl (C=O) groups excluding carboxylic acids is 1. The van der Waals surface area contributed by atoms with Crippen molar-refractivity contribution in [2.45, 2.75) is 51.4 Å². The summed E-state index contributed by atoms with van der Waals surface area (Å²) in [5.41, 5.74) is 5.00. The second-order valence-electron chi connectivity index (χ2n) is 8.91. The first-order valence-electron chi connectivity index (χ1n) is 11.6. The van der Waals surface area contributed by atoms with Gasteiger partial charge in [-0.15, -0.1) is 0 Å². The number of likely N-dealkylation sites (N-methyl/N-ethyl adjacent to an activating group) is 1. The van der Waals surface area contributed by atoms with Gasteiger partial charge in [-0.1, -0.05) is 13.0 Å². The van der Waals surface area contributed by atoms with Crippen LogP contribution in [0.2, 0.25) is 0 Å². The summed E-state index contributed by atoms with van der Waals surface area (Å²) in [4.78, 5) is 21.4. The molecule has 1 amide bonds. The standard InChI is InChI=1S/C25H31N3O4/c1-3-16-13-21-23(22(14-29)27(2)25(21)30)26-24(16)28-9-6-19(7-10-28)32-20-5-4-17-8-11-31-15-18(17)12-20/h4-5,12-13,19,22,29H,3,6-11,14-15H2,1-2H3/t22-/m0/s1. The number of carbonyl (C=O) groups is 1. The highest BCUT2D eigenvalue weighted by atomic mass is 16.5. The van der Waals surface area contributed by atoms with Gasteiger partial charge in [-0.05, 0) is 47.7 Å². The van der Waals surface area contributed by atoms with Gasteiger partial charge in [0.15, 0.2) is 0 Å². The molecule has 0 unspecified atom stereocenters. The van der Waals surface area contributed by atoms with Crippen molar-refractivity contribution in [3.05, 3.63) is 52.2 Å². The molecule has 32 heavy (non-hydrogen) atoms. The van der Waals surface area contributed by atoms with Crippen LogP contribution in [0, 0.1) is 0 Å². The number of aliphatic hydroxyl groups is 1. The number of rotatable bonds is 5. The van der Waals surface area contributed by atoms with E-state index in [1.54, 1.807) is 11.9 Å². The molecule has 1 fully saturated rings. The summed E-state index contributed by atoms with van der Waals surface area (Å²) < 4.78 is 11.9. The van der Waals surface area contributed by atoms with E-state index < -0.39 is 0 Å². The van der Waals surface area contributed by atoms with E-state index in [2.05, 4.69) is 30.0 Å². The maximum Gasteiger partial charge on any atom is 0.256 e. The van der Waals surface area contributed by atoms with Gasteiger partial charge in [0.2, 0.25) is 0 Å². The molecule has 1 saturated heterocycles. The SMILES string of the molecule is CCc1cc2c(nc1N1CCC(Oc3ccc4c(c3)COCC4)CC1)[C@H](CO)N(C)C2=O. The van der Waals surface area contributed by atoms with Crippen LogP contribution < -0.4 is 9.64 Å². The van der Waals surface area contributed by atoms with E-state index in [0.717, 1.165) is 62.5 Å². The number of piperidine rings is 1. The van der Waals surface area contributed by atoms with Gasteiger partial charge in [-0.3, -0.25) is 4.79 Å². The monoisotopic (exact) mass is 437 g/mol. The Balaban J connectivity index is 1.29. The number of hydrogen-bond donors (Lipinski definition) is 1. The molecule has 5 rings (SSSR count). The van der Waals surface area contributed by atoms with Crippen molar-refractivity contribution >= 4 is 11.7 Å². The predicted molar refractivity (Wildman–Crippen MR) is 121 cm³/mol. The average Bonchev–Trinajstić information content (AvgIpc) is 3.07. The lowest BCUT2D eigenvalue weighted by Gasteiger charge is -2.34. The third-order valence-corrected chi connectivity index (χ3v) is 6.99. The number of nitrogens with zero attached hydrogens (tertiary/aromatic N) is 3. The molecule has 2 aromatic rings. The number of benzene rings is 1. The Morgan fingerprint density at radius 3 is 2.78 bits per heavy atom. The van der Waals surface area contributed by atoms with Crippen molar-refractivity contribution in [3.8, 4) is 5.75 Å². The number of aliphatic hydroxyl groups excluding tert-OH is 1. The summed E-state index contributed by atoms with van der Waals surface area (Å²) in [6.45, 7) is 5.15. The molecular weight excluding hydrogens is 406 g/mol. The van der Waals surface area contributed by atoms with Crippen LogP contribution in [0.25, 0.3) is 0 Å². The molecule has 1 aromatic carbocycles. The van der Waals surface area contributed by atoms with Crippen molar-refractivity contribution in [1.82, 2.24) is 9.88 Å².